The summed E-state index contributed by atoms with van der Waals surface area (Å²) >= 11 is 0. The highest BCUT2D eigenvalue weighted by molar-refractivity contribution is 5.67. The van der Waals surface area contributed by atoms with Crippen LogP contribution in [0.1, 0.15) is 26.7 Å². The van der Waals surface area contributed by atoms with Gasteiger partial charge in [-0.3, -0.25) is 4.79 Å². The van der Waals surface area contributed by atoms with Gasteiger partial charge in [-0.1, -0.05) is 20.3 Å². The fourth-order valence-electron chi connectivity index (χ4n) is 1.77. The molecule has 1 unspecified atom stereocenters. The van der Waals surface area contributed by atoms with Gasteiger partial charge in [0, 0.05) is 19.6 Å². The Morgan fingerprint density at radius 3 is 2.69 bits per heavy atom. The average molecular weight is 185 g/mol. The van der Waals surface area contributed by atoms with E-state index < -0.39 is 5.97 Å². The molecule has 0 aromatic carbocycles. The lowest BCUT2D eigenvalue weighted by molar-refractivity contribution is -0.139. The molecule has 0 aliphatic carbocycles. The van der Waals surface area contributed by atoms with E-state index in [-0.39, 0.29) is 0 Å². The first-order valence-electron chi connectivity index (χ1n) is 5.06. The average Bonchev–Trinajstić information content (AvgIpc) is 1.99. The number of carbonyl (C=O) groups is 1. The first kappa shape index (κ1) is 10.5. The van der Waals surface area contributed by atoms with Crippen LogP contribution in [0.25, 0.3) is 0 Å². The molecule has 1 aliphatic rings. The van der Waals surface area contributed by atoms with Crippen molar-refractivity contribution in [1.82, 2.24) is 4.90 Å². The molecular formula is C10H19NO2. The van der Waals surface area contributed by atoms with Crippen LogP contribution in [0.3, 0.4) is 0 Å². The Morgan fingerprint density at radius 1 is 1.62 bits per heavy atom. The number of aliphatic carboxylic acids is 1. The Morgan fingerprint density at radius 2 is 2.23 bits per heavy atom. The Balaban J connectivity index is 2.08. The van der Waals surface area contributed by atoms with Gasteiger partial charge < -0.3 is 10.0 Å². The molecule has 13 heavy (non-hydrogen) atoms. The third kappa shape index (κ3) is 3.35. The van der Waals surface area contributed by atoms with Gasteiger partial charge in [0.1, 0.15) is 0 Å². The summed E-state index contributed by atoms with van der Waals surface area (Å²) in [6.07, 6.45) is 1.55. The lowest BCUT2D eigenvalue weighted by atomic mass is 9.94. The second-order valence-electron chi connectivity index (χ2n) is 4.20. The van der Waals surface area contributed by atoms with Gasteiger partial charge in [-0.25, -0.2) is 0 Å². The maximum absolute atomic E-state index is 10.4. The molecule has 0 aromatic heterocycles. The molecule has 0 amide bonds. The molecule has 0 radical (unpaired) electrons. The van der Waals surface area contributed by atoms with Crippen LogP contribution in [-0.2, 0) is 4.79 Å². The monoisotopic (exact) mass is 185 g/mol. The van der Waals surface area contributed by atoms with Gasteiger partial charge >= 0.3 is 5.97 Å². The van der Waals surface area contributed by atoms with Crippen molar-refractivity contribution in [3.63, 3.8) is 0 Å². The number of rotatable bonds is 5. The molecule has 76 valence electrons. The van der Waals surface area contributed by atoms with Crippen molar-refractivity contribution in [3.8, 4) is 0 Å². The fraction of sp³-hybridized carbons (Fsp3) is 0.900. The topological polar surface area (TPSA) is 40.5 Å². The van der Waals surface area contributed by atoms with Crippen LogP contribution in [0.2, 0.25) is 0 Å². The number of carboxylic acids is 1. The van der Waals surface area contributed by atoms with Crippen LogP contribution in [-0.4, -0.2) is 35.6 Å². The largest absolute Gasteiger partial charge is 0.481 e. The molecule has 3 nitrogen and oxygen atoms in total. The molecular weight excluding hydrogens is 166 g/mol. The predicted molar refractivity (Wildman–Crippen MR) is 51.6 cm³/mol. The van der Waals surface area contributed by atoms with E-state index in [1.807, 2.05) is 0 Å². The van der Waals surface area contributed by atoms with Gasteiger partial charge in [0.25, 0.3) is 0 Å². The minimum absolute atomic E-state index is 0.344. The number of carboxylic acid groups (broad SMARTS) is 1. The smallest absolute Gasteiger partial charge is 0.303 e. The summed E-state index contributed by atoms with van der Waals surface area (Å²) in [5.41, 5.74) is 0. The molecule has 1 rings (SSSR count). The van der Waals surface area contributed by atoms with Crippen LogP contribution in [0.15, 0.2) is 0 Å². The molecule has 1 saturated heterocycles. The van der Waals surface area contributed by atoms with Crippen LogP contribution >= 0.6 is 0 Å². The highest BCUT2D eigenvalue weighted by Crippen LogP contribution is 2.20. The highest BCUT2D eigenvalue weighted by atomic mass is 16.4. The zero-order chi connectivity index (χ0) is 9.84. The van der Waals surface area contributed by atoms with Crippen LogP contribution in [0.5, 0.6) is 0 Å². The second kappa shape index (κ2) is 4.61. The van der Waals surface area contributed by atoms with E-state index in [0.717, 1.165) is 25.6 Å². The zero-order valence-electron chi connectivity index (χ0n) is 8.49. The molecule has 1 fully saturated rings. The number of hydrogen-bond donors (Lipinski definition) is 1. The Bertz CT molecular complexity index is 176. The molecule has 0 aromatic rings. The number of likely N-dealkylation sites (tertiary alicyclic amines) is 1. The lowest BCUT2D eigenvalue weighted by Crippen LogP contribution is -2.48. The van der Waals surface area contributed by atoms with Gasteiger partial charge in [-0.05, 0) is 11.8 Å². The molecule has 1 heterocycles. The van der Waals surface area contributed by atoms with Crippen molar-refractivity contribution in [2.45, 2.75) is 26.7 Å². The van der Waals surface area contributed by atoms with Crippen molar-refractivity contribution < 1.29 is 9.90 Å². The molecule has 1 aliphatic heterocycles. The Labute approximate surface area is 79.7 Å². The van der Waals surface area contributed by atoms with Gasteiger partial charge in [-0.2, -0.15) is 0 Å². The Kier molecular flexibility index (Phi) is 3.72. The van der Waals surface area contributed by atoms with E-state index in [9.17, 15) is 4.79 Å². The number of hydrogen-bond acceptors (Lipinski definition) is 2. The predicted octanol–water partition coefficient (Wildman–Crippen LogP) is 1.44. The fourth-order valence-corrected chi connectivity index (χ4v) is 1.77. The van der Waals surface area contributed by atoms with E-state index >= 15 is 0 Å². The maximum Gasteiger partial charge on any atom is 0.303 e. The summed E-state index contributed by atoms with van der Waals surface area (Å²) in [4.78, 5) is 12.7. The molecule has 0 bridgehead atoms. The first-order chi connectivity index (χ1) is 6.11. The van der Waals surface area contributed by atoms with Crippen LogP contribution in [0.4, 0.5) is 0 Å². The van der Waals surface area contributed by atoms with Crippen LogP contribution in [0, 0.1) is 11.8 Å². The van der Waals surface area contributed by atoms with Crippen molar-refractivity contribution in [3.05, 3.63) is 0 Å². The van der Waals surface area contributed by atoms with E-state index in [0.29, 0.717) is 12.3 Å². The van der Waals surface area contributed by atoms with Gasteiger partial charge in [0.05, 0.1) is 6.42 Å². The van der Waals surface area contributed by atoms with E-state index in [1.165, 1.54) is 6.42 Å². The minimum Gasteiger partial charge on any atom is -0.481 e. The summed E-state index contributed by atoms with van der Waals surface area (Å²) < 4.78 is 0. The molecule has 0 spiro atoms. The molecule has 1 N–H and O–H groups in total. The van der Waals surface area contributed by atoms with E-state index in [4.69, 9.17) is 5.11 Å². The molecule has 0 saturated carbocycles. The van der Waals surface area contributed by atoms with Gasteiger partial charge in [0.2, 0.25) is 0 Å². The Hall–Kier alpha value is -0.570. The quantitative estimate of drug-likeness (QED) is 0.704. The SMILES string of the molecule is CCC(C)CN1CC(CC(=O)O)C1. The minimum atomic E-state index is -0.659. The van der Waals surface area contributed by atoms with Crippen molar-refractivity contribution in [1.29, 1.82) is 0 Å². The third-order valence-corrected chi connectivity index (χ3v) is 2.76. The summed E-state index contributed by atoms with van der Waals surface area (Å²) in [5.74, 6) is 0.487. The third-order valence-electron chi connectivity index (χ3n) is 2.76. The van der Waals surface area contributed by atoms with Crippen LogP contribution < -0.4 is 0 Å². The zero-order valence-corrected chi connectivity index (χ0v) is 8.49. The van der Waals surface area contributed by atoms with E-state index in [1.54, 1.807) is 0 Å². The standard InChI is InChI=1S/C10H19NO2/c1-3-8(2)5-11-6-9(7-11)4-10(12)13/h8-9H,3-7H2,1-2H3,(H,12,13). The van der Waals surface area contributed by atoms with Crippen molar-refractivity contribution >= 4 is 5.97 Å². The maximum atomic E-state index is 10.4. The van der Waals surface area contributed by atoms with Gasteiger partial charge in [0.15, 0.2) is 0 Å². The summed E-state index contributed by atoms with van der Waals surface area (Å²) in [6, 6.07) is 0. The normalized spacial score (nSPS) is 21.1. The second-order valence-corrected chi connectivity index (χ2v) is 4.20. The van der Waals surface area contributed by atoms with E-state index in [2.05, 4.69) is 18.7 Å². The molecule has 3 heteroatoms. The van der Waals surface area contributed by atoms with Crippen molar-refractivity contribution in [2.24, 2.45) is 11.8 Å². The lowest BCUT2D eigenvalue weighted by Gasteiger charge is -2.39. The first-order valence-corrected chi connectivity index (χ1v) is 5.06. The highest BCUT2D eigenvalue weighted by Gasteiger charge is 2.28. The molecule has 1 atom stereocenters. The van der Waals surface area contributed by atoms with Crippen molar-refractivity contribution in [2.75, 3.05) is 19.6 Å². The van der Waals surface area contributed by atoms with Gasteiger partial charge in [-0.15, -0.1) is 0 Å². The summed E-state index contributed by atoms with van der Waals surface area (Å²) in [5, 5.41) is 8.54. The number of nitrogens with zero attached hydrogens (tertiary/aromatic N) is 1. The summed E-state index contributed by atoms with van der Waals surface area (Å²) in [7, 11) is 0. The summed E-state index contributed by atoms with van der Waals surface area (Å²) in [6.45, 7) is 7.53.